The van der Waals surface area contributed by atoms with Crippen LogP contribution in [-0.4, -0.2) is 81.1 Å². The molecule has 3 aromatic rings. The van der Waals surface area contributed by atoms with Gasteiger partial charge in [0.15, 0.2) is 6.61 Å². The molecule has 0 aromatic heterocycles. The highest BCUT2D eigenvalue weighted by Gasteiger charge is 2.50. The van der Waals surface area contributed by atoms with Crippen LogP contribution in [0.25, 0.3) is 0 Å². The van der Waals surface area contributed by atoms with E-state index in [1.807, 2.05) is 42.5 Å². The standard InChI is InChI=1S/C45H62N6O8Si/c1-11-27-57-43(56)51(10)29-33-28-34(25-24-32(33)30-58-60(45(7,8)9,35-19-14-12-15-20-35)36-21-16-13-17-22-36)48-39(52)37(23-18-26-47-41(46)54)49-40(53)38(31(2)3)50-42(55)59-44(4,5)6/h1,12-17,19-22,24-25,28,31,37-38H,18,23,26-27,29-30H2,2-10H3,(H,48,52)(H,49,53)(H,50,55)(H3,46,47,54)/t37-,38-/m0/s1. The Bertz CT molecular complexity index is 1920. The zero-order chi connectivity index (χ0) is 44.7. The van der Waals surface area contributed by atoms with E-state index < -0.39 is 56.0 Å². The molecule has 3 rings (SSSR count). The number of hydrogen-bond acceptors (Lipinski definition) is 8. The number of nitrogens with two attached hydrogens (primary N) is 1. The molecule has 0 aliphatic carbocycles. The molecule has 0 spiro atoms. The molecule has 6 N–H and O–H groups in total. The average Bonchev–Trinajstić information content (AvgIpc) is 3.17. The van der Waals surface area contributed by atoms with Crippen molar-refractivity contribution in [2.24, 2.45) is 11.7 Å². The SMILES string of the molecule is C#CCOC(=O)N(C)Cc1cc(NC(=O)[C@H](CCCNC(N)=O)NC(=O)[C@@H](NC(=O)OC(C)(C)C)C(C)C)ccc1CO[Si](c1ccccc1)(c1ccccc1)C(C)(C)C. The first-order valence-electron chi connectivity index (χ1n) is 20.0. The lowest BCUT2D eigenvalue weighted by Crippen LogP contribution is -2.66. The monoisotopic (exact) mass is 842 g/mol. The van der Waals surface area contributed by atoms with E-state index in [0.29, 0.717) is 17.7 Å². The Morgan fingerprint density at radius 1 is 0.850 bits per heavy atom. The van der Waals surface area contributed by atoms with Crippen molar-refractivity contribution in [3.05, 3.63) is 90.0 Å². The molecule has 2 atom stereocenters. The summed E-state index contributed by atoms with van der Waals surface area (Å²) >= 11 is 0. The normalized spacial score (nSPS) is 12.6. The summed E-state index contributed by atoms with van der Waals surface area (Å²) in [5, 5.41) is 12.7. The van der Waals surface area contributed by atoms with Crippen molar-refractivity contribution in [2.75, 3.05) is 25.5 Å². The van der Waals surface area contributed by atoms with Crippen LogP contribution in [0.1, 0.15) is 79.4 Å². The summed E-state index contributed by atoms with van der Waals surface area (Å²) in [6.07, 6.45) is 4.35. The summed E-state index contributed by atoms with van der Waals surface area (Å²) < 4.78 is 17.8. The van der Waals surface area contributed by atoms with Gasteiger partial charge < -0.3 is 45.8 Å². The van der Waals surface area contributed by atoms with Gasteiger partial charge in [-0.1, -0.05) is 107 Å². The van der Waals surface area contributed by atoms with Gasteiger partial charge in [0, 0.05) is 25.8 Å². The summed E-state index contributed by atoms with van der Waals surface area (Å²) in [5.41, 5.74) is 6.27. The van der Waals surface area contributed by atoms with Crippen LogP contribution in [-0.2, 0) is 36.6 Å². The molecule has 15 heteroatoms. The maximum absolute atomic E-state index is 14.0. The number of urea groups is 1. The van der Waals surface area contributed by atoms with Crippen LogP contribution < -0.4 is 37.4 Å². The summed E-state index contributed by atoms with van der Waals surface area (Å²) in [6.45, 7) is 15.4. The van der Waals surface area contributed by atoms with Gasteiger partial charge >= 0.3 is 18.2 Å². The van der Waals surface area contributed by atoms with E-state index in [4.69, 9.17) is 26.1 Å². The molecule has 6 amide bonds. The van der Waals surface area contributed by atoms with Gasteiger partial charge in [-0.25, -0.2) is 14.4 Å². The molecule has 60 heavy (non-hydrogen) atoms. The third-order valence-electron chi connectivity index (χ3n) is 9.56. The smallest absolute Gasteiger partial charge is 0.410 e. The van der Waals surface area contributed by atoms with E-state index in [0.717, 1.165) is 15.9 Å². The van der Waals surface area contributed by atoms with E-state index >= 15 is 0 Å². The molecule has 0 saturated heterocycles. The highest BCUT2D eigenvalue weighted by atomic mass is 28.4. The van der Waals surface area contributed by atoms with Crippen LogP contribution in [0.15, 0.2) is 78.9 Å². The molecule has 0 aliphatic heterocycles. The summed E-state index contributed by atoms with van der Waals surface area (Å²) in [5.74, 6) is 0.801. The Morgan fingerprint density at radius 3 is 1.97 bits per heavy atom. The number of amides is 6. The fourth-order valence-corrected chi connectivity index (χ4v) is 11.2. The first kappa shape index (κ1) is 48.5. The predicted octanol–water partition coefficient (Wildman–Crippen LogP) is 5.39. The minimum Gasteiger partial charge on any atom is -0.444 e. The minimum atomic E-state index is -2.97. The number of benzene rings is 3. The van der Waals surface area contributed by atoms with Gasteiger partial charge in [0.2, 0.25) is 11.8 Å². The molecule has 324 valence electrons. The zero-order valence-electron chi connectivity index (χ0n) is 36.3. The molecule has 14 nitrogen and oxygen atoms in total. The van der Waals surface area contributed by atoms with Crippen molar-refractivity contribution in [1.29, 1.82) is 0 Å². The maximum Gasteiger partial charge on any atom is 0.410 e. The lowest BCUT2D eigenvalue weighted by Gasteiger charge is -2.43. The second-order valence-electron chi connectivity index (χ2n) is 16.9. The van der Waals surface area contributed by atoms with Crippen molar-refractivity contribution in [1.82, 2.24) is 20.9 Å². The summed E-state index contributed by atoms with van der Waals surface area (Å²) in [6, 6.07) is 22.9. The second-order valence-corrected chi connectivity index (χ2v) is 21.2. The molecule has 0 aliphatic rings. The number of hydrogen-bond donors (Lipinski definition) is 5. The van der Waals surface area contributed by atoms with Gasteiger partial charge in [0.1, 0.15) is 17.7 Å². The van der Waals surface area contributed by atoms with Crippen molar-refractivity contribution in [3.8, 4) is 12.3 Å². The van der Waals surface area contributed by atoms with Crippen molar-refractivity contribution >= 4 is 54.4 Å². The summed E-state index contributed by atoms with van der Waals surface area (Å²) in [4.78, 5) is 66.0. The number of ether oxygens (including phenoxy) is 2. The first-order valence-corrected chi connectivity index (χ1v) is 21.9. The molecule has 0 radical (unpaired) electrons. The quantitative estimate of drug-likeness (QED) is 0.0641. The van der Waals surface area contributed by atoms with E-state index in [2.05, 4.69) is 72.2 Å². The van der Waals surface area contributed by atoms with Crippen molar-refractivity contribution in [2.45, 2.75) is 104 Å². The first-order chi connectivity index (χ1) is 28.2. The number of anilines is 1. The molecular formula is C45H62N6O8Si. The van der Waals surface area contributed by atoms with Crippen LogP contribution in [0.3, 0.4) is 0 Å². The Labute approximate surface area is 355 Å². The predicted molar refractivity (Wildman–Crippen MR) is 236 cm³/mol. The van der Waals surface area contributed by atoms with Crippen molar-refractivity contribution < 1.29 is 37.9 Å². The third-order valence-corrected chi connectivity index (χ3v) is 14.5. The van der Waals surface area contributed by atoms with Gasteiger partial charge in [-0.3, -0.25) is 9.59 Å². The van der Waals surface area contributed by atoms with Gasteiger partial charge in [0.05, 0.1) is 6.61 Å². The lowest BCUT2D eigenvalue weighted by molar-refractivity contribution is -0.128. The zero-order valence-corrected chi connectivity index (χ0v) is 37.3. The molecule has 0 heterocycles. The number of carbonyl (C=O) groups is 5. The Hall–Kier alpha value is -5.85. The maximum atomic E-state index is 14.0. The number of primary amides is 1. The highest BCUT2D eigenvalue weighted by molar-refractivity contribution is 6.99. The van der Waals surface area contributed by atoms with Crippen LogP contribution in [0, 0.1) is 18.3 Å². The Kier molecular flexibility index (Phi) is 17.7. The van der Waals surface area contributed by atoms with Gasteiger partial charge in [-0.15, -0.1) is 6.42 Å². The number of carbonyl (C=O) groups excluding carboxylic acids is 5. The van der Waals surface area contributed by atoms with Crippen LogP contribution in [0.4, 0.5) is 20.1 Å². The molecule has 0 fully saturated rings. The van der Waals surface area contributed by atoms with E-state index in [-0.39, 0.29) is 43.7 Å². The summed E-state index contributed by atoms with van der Waals surface area (Å²) in [7, 11) is -1.39. The fourth-order valence-electron chi connectivity index (χ4n) is 6.72. The van der Waals surface area contributed by atoms with Gasteiger partial charge in [-0.2, -0.15) is 0 Å². The van der Waals surface area contributed by atoms with Crippen LogP contribution in [0.2, 0.25) is 5.04 Å². The number of nitrogens with one attached hydrogen (secondary N) is 4. The van der Waals surface area contributed by atoms with Crippen LogP contribution >= 0.6 is 0 Å². The lowest BCUT2D eigenvalue weighted by atomic mass is 10.0. The number of rotatable bonds is 18. The average molecular weight is 843 g/mol. The van der Waals surface area contributed by atoms with Gasteiger partial charge in [0.25, 0.3) is 8.32 Å². The van der Waals surface area contributed by atoms with Gasteiger partial charge in [-0.05, 0) is 78.2 Å². The number of terminal acetylenes is 1. The molecule has 0 unspecified atom stereocenters. The second kappa shape index (κ2) is 21.9. The minimum absolute atomic E-state index is 0.0813. The highest BCUT2D eigenvalue weighted by Crippen LogP contribution is 2.37. The Balaban J connectivity index is 2.02. The number of alkyl carbamates (subject to hydrolysis) is 1. The van der Waals surface area contributed by atoms with E-state index in [1.54, 1.807) is 53.8 Å². The molecule has 0 saturated carbocycles. The van der Waals surface area contributed by atoms with Crippen LogP contribution in [0.5, 0.6) is 0 Å². The fraction of sp³-hybridized carbons (Fsp3) is 0.444. The molecular weight excluding hydrogens is 781 g/mol. The van der Waals surface area contributed by atoms with Crippen molar-refractivity contribution in [3.63, 3.8) is 0 Å². The molecule has 0 bridgehead atoms. The largest absolute Gasteiger partial charge is 0.444 e. The van der Waals surface area contributed by atoms with E-state index in [1.165, 1.54) is 4.90 Å². The van der Waals surface area contributed by atoms with E-state index in [9.17, 15) is 24.0 Å². The topological polar surface area (TPSA) is 190 Å². The molecule has 3 aromatic carbocycles. The third kappa shape index (κ3) is 14.2. The number of nitrogens with zero attached hydrogens (tertiary/aromatic N) is 1. The Morgan fingerprint density at radius 2 is 1.45 bits per heavy atom.